The highest BCUT2D eigenvalue weighted by atomic mass is 31.2. The van der Waals surface area contributed by atoms with Crippen LogP contribution < -0.4 is 0 Å². The molecule has 0 atom stereocenters. The minimum absolute atomic E-state index is 0.188. The third-order valence-electron chi connectivity index (χ3n) is 2.13. The van der Waals surface area contributed by atoms with E-state index in [1.54, 1.807) is 13.8 Å². The Bertz CT molecular complexity index is 235. The topological polar surface area (TPSA) is 74.2 Å². The van der Waals surface area contributed by atoms with Gasteiger partial charge in [0.05, 0.1) is 13.2 Å². The summed E-state index contributed by atoms with van der Waals surface area (Å²) in [6.45, 7) is 13.4. The molecule has 0 fully saturated rings. The minimum Gasteiger partial charge on any atom is -0.395 e. The lowest BCUT2D eigenvalue weighted by Crippen LogP contribution is -2.37. The Morgan fingerprint density at radius 2 is 1.26 bits per heavy atom. The van der Waals surface area contributed by atoms with Gasteiger partial charge in [-0.25, -0.2) is 4.57 Å². The summed E-state index contributed by atoms with van der Waals surface area (Å²) in [5.41, 5.74) is 0. The summed E-state index contributed by atoms with van der Waals surface area (Å²) in [6, 6.07) is 1.04. The molecule has 0 unspecified atom stereocenters. The molecule has 0 bridgehead atoms. The van der Waals surface area contributed by atoms with Crippen molar-refractivity contribution < 1.29 is 27.4 Å². The Morgan fingerprint density at radius 3 is 1.47 bits per heavy atom. The van der Waals surface area contributed by atoms with Gasteiger partial charge in [0.2, 0.25) is 0 Å². The van der Waals surface area contributed by atoms with Crippen molar-refractivity contribution in [3.8, 4) is 0 Å². The Kier molecular flexibility index (Phi) is 13.6. The number of hydrogen-bond acceptors (Lipinski definition) is 5. The lowest BCUT2D eigenvalue weighted by Gasteiger charge is -2.23. The maximum atomic E-state index is 10.5. The molecule has 118 valence electrons. The summed E-state index contributed by atoms with van der Waals surface area (Å²) < 4.78 is 30.3. The summed E-state index contributed by atoms with van der Waals surface area (Å²) in [7, 11) is -5.42. The van der Waals surface area contributed by atoms with Crippen molar-refractivity contribution in [2.45, 2.75) is 47.2 Å². The molecule has 0 spiro atoms. The molecule has 0 rings (SSSR count). The fourth-order valence-corrected chi connectivity index (χ4v) is 3.66. The van der Waals surface area contributed by atoms with E-state index in [0.717, 1.165) is 19.3 Å². The molecule has 0 aliphatic carbocycles. The molecule has 8 heteroatoms. The minimum atomic E-state index is -3.69. The Hall–Kier alpha value is 0.247. The standard InChI is InChI=1S/C7H18O2Si.C4H11O4P/c1-5-8-10(4,7-3)9-6-2;1-3-7-9(5,6)8-4-2/h5-7H2,1-4H3;3-4H2,1-2H3,(H,5,6). The first-order chi connectivity index (χ1) is 8.80. The Balaban J connectivity index is 0. The summed E-state index contributed by atoms with van der Waals surface area (Å²) >= 11 is 0. The van der Waals surface area contributed by atoms with Crippen molar-refractivity contribution in [1.29, 1.82) is 0 Å². The van der Waals surface area contributed by atoms with Crippen LogP contribution in [0.3, 0.4) is 0 Å². The summed E-state index contributed by atoms with van der Waals surface area (Å²) in [5.74, 6) is 0. The Morgan fingerprint density at radius 1 is 0.895 bits per heavy atom. The molecule has 0 aromatic carbocycles. The van der Waals surface area contributed by atoms with Crippen LogP contribution in [0.4, 0.5) is 0 Å². The van der Waals surface area contributed by atoms with Crippen molar-refractivity contribution in [1.82, 2.24) is 0 Å². The van der Waals surface area contributed by atoms with Gasteiger partial charge in [-0.05, 0) is 40.3 Å². The van der Waals surface area contributed by atoms with Crippen molar-refractivity contribution >= 4 is 16.4 Å². The molecule has 0 saturated heterocycles. The summed E-state index contributed by atoms with van der Waals surface area (Å²) in [4.78, 5) is 8.63. The predicted octanol–water partition coefficient (Wildman–Crippen LogP) is 3.31. The van der Waals surface area contributed by atoms with Gasteiger partial charge in [0, 0.05) is 13.2 Å². The van der Waals surface area contributed by atoms with Crippen molar-refractivity contribution in [3.63, 3.8) is 0 Å². The molecule has 1 N–H and O–H groups in total. The van der Waals surface area contributed by atoms with E-state index in [-0.39, 0.29) is 13.2 Å². The molecule has 0 saturated carbocycles. The highest BCUT2D eigenvalue weighted by Crippen LogP contribution is 2.42. The molecule has 19 heavy (non-hydrogen) atoms. The average molecular weight is 316 g/mol. The first kappa shape index (κ1) is 21.5. The molecule has 0 aliphatic rings. The average Bonchev–Trinajstić information content (AvgIpc) is 2.30. The van der Waals surface area contributed by atoms with E-state index in [0.29, 0.717) is 0 Å². The monoisotopic (exact) mass is 316 g/mol. The maximum Gasteiger partial charge on any atom is 0.472 e. The van der Waals surface area contributed by atoms with Crippen molar-refractivity contribution in [2.24, 2.45) is 0 Å². The van der Waals surface area contributed by atoms with Gasteiger partial charge in [-0.1, -0.05) is 6.92 Å². The molecule has 0 amide bonds. The second kappa shape index (κ2) is 12.0. The second-order valence-corrected chi connectivity index (χ2v) is 8.66. The van der Waals surface area contributed by atoms with Crippen LogP contribution in [0.15, 0.2) is 0 Å². The van der Waals surface area contributed by atoms with Gasteiger partial charge < -0.3 is 13.7 Å². The van der Waals surface area contributed by atoms with Gasteiger partial charge in [0.15, 0.2) is 0 Å². The molecule has 0 aliphatic heterocycles. The zero-order valence-electron chi connectivity index (χ0n) is 13.0. The van der Waals surface area contributed by atoms with E-state index in [1.165, 1.54) is 0 Å². The van der Waals surface area contributed by atoms with E-state index in [4.69, 9.17) is 13.7 Å². The fraction of sp³-hybridized carbons (Fsp3) is 1.00. The van der Waals surface area contributed by atoms with Gasteiger partial charge in [0.25, 0.3) is 0 Å². The largest absolute Gasteiger partial charge is 0.472 e. The lowest BCUT2D eigenvalue weighted by atomic mass is 10.9. The molecular formula is C11H29O6PSi. The molecule has 6 nitrogen and oxygen atoms in total. The van der Waals surface area contributed by atoms with Crippen LogP contribution >= 0.6 is 7.82 Å². The van der Waals surface area contributed by atoms with Crippen molar-refractivity contribution in [3.05, 3.63) is 0 Å². The van der Waals surface area contributed by atoms with Crippen LogP contribution in [-0.2, 0) is 22.5 Å². The number of rotatable bonds is 9. The summed E-state index contributed by atoms with van der Waals surface area (Å²) in [5, 5.41) is 0. The van der Waals surface area contributed by atoms with Crippen LogP contribution in [0, 0.1) is 0 Å². The zero-order valence-corrected chi connectivity index (χ0v) is 14.9. The second-order valence-electron chi connectivity index (χ2n) is 3.66. The normalized spacial score (nSPS) is 11.9. The van der Waals surface area contributed by atoms with E-state index >= 15 is 0 Å². The van der Waals surface area contributed by atoms with Crippen LogP contribution in [-0.4, -0.2) is 39.9 Å². The number of hydrogen-bond donors (Lipinski definition) is 1. The van der Waals surface area contributed by atoms with E-state index in [9.17, 15) is 4.57 Å². The third-order valence-corrected chi connectivity index (χ3v) is 6.38. The molecular weight excluding hydrogens is 287 g/mol. The smallest absolute Gasteiger partial charge is 0.395 e. The fourth-order valence-electron chi connectivity index (χ4n) is 1.22. The molecule has 0 aromatic rings. The molecule has 0 aromatic heterocycles. The first-order valence-corrected chi connectivity index (χ1v) is 10.7. The maximum absolute atomic E-state index is 10.5. The van der Waals surface area contributed by atoms with Crippen LogP contribution in [0.1, 0.15) is 34.6 Å². The van der Waals surface area contributed by atoms with Gasteiger partial charge in [-0.3, -0.25) is 9.05 Å². The number of phosphoric acid groups is 1. The van der Waals surface area contributed by atoms with Gasteiger partial charge >= 0.3 is 16.4 Å². The van der Waals surface area contributed by atoms with Gasteiger partial charge in [-0.2, -0.15) is 0 Å². The lowest BCUT2D eigenvalue weighted by molar-refractivity contribution is 0.161. The van der Waals surface area contributed by atoms with Crippen molar-refractivity contribution in [2.75, 3.05) is 26.4 Å². The number of phosphoric ester groups is 1. The molecule has 0 radical (unpaired) electrons. The zero-order chi connectivity index (χ0) is 15.4. The highest BCUT2D eigenvalue weighted by molar-refractivity contribution is 7.47. The van der Waals surface area contributed by atoms with E-state index in [1.807, 2.05) is 13.8 Å². The quantitative estimate of drug-likeness (QED) is 0.519. The van der Waals surface area contributed by atoms with E-state index in [2.05, 4.69) is 22.5 Å². The van der Waals surface area contributed by atoms with Gasteiger partial charge in [-0.15, -0.1) is 0 Å². The predicted molar refractivity (Wildman–Crippen MR) is 78.4 cm³/mol. The SMILES string of the molecule is CCOP(=O)(O)OCC.CCO[Si](C)(CC)OCC. The van der Waals surface area contributed by atoms with Gasteiger partial charge in [0.1, 0.15) is 0 Å². The molecule has 0 heterocycles. The van der Waals surface area contributed by atoms with E-state index < -0.39 is 16.4 Å². The van der Waals surface area contributed by atoms with Crippen LogP contribution in [0.25, 0.3) is 0 Å². The summed E-state index contributed by atoms with van der Waals surface area (Å²) in [6.07, 6.45) is 0. The highest BCUT2D eigenvalue weighted by Gasteiger charge is 2.27. The third kappa shape index (κ3) is 13.0. The first-order valence-electron chi connectivity index (χ1n) is 6.70. The van der Waals surface area contributed by atoms with Crippen LogP contribution in [0.2, 0.25) is 12.6 Å². The Labute approximate surface area is 118 Å². The van der Waals surface area contributed by atoms with Crippen LogP contribution in [0.5, 0.6) is 0 Å².